The molecule has 7 heteroatoms. The summed E-state index contributed by atoms with van der Waals surface area (Å²) in [5.41, 5.74) is 3.14. The number of carbonyl (C=O) groups is 1. The molecule has 1 aliphatic heterocycles. The fourth-order valence-electron chi connectivity index (χ4n) is 3.87. The minimum Gasteiger partial charge on any atom is -0.481 e. The van der Waals surface area contributed by atoms with E-state index in [4.69, 9.17) is 5.11 Å². The summed E-state index contributed by atoms with van der Waals surface area (Å²) in [5.74, 6) is -0.779. The average Bonchev–Trinajstić information content (AvgIpc) is 2.77. The topological polar surface area (TPSA) is 94.7 Å². The van der Waals surface area contributed by atoms with E-state index >= 15 is 0 Å². The molecule has 0 saturated carbocycles. The molecular weight excluding hydrogens is 366 g/mol. The summed E-state index contributed by atoms with van der Waals surface area (Å²) >= 11 is 0. The lowest BCUT2D eigenvalue weighted by atomic mass is 9.80. The molecule has 2 aromatic carbocycles. The second kappa shape index (κ2) is 6.73. The molecule has 0 spiro atoms. The van der Waals surface area contributed by atoms with E-state index in [9.17, 15) is 17.8 Å². The molecular formula is C20H24NO5S+. The second-order valence-electron chi connectivity index (χ2n) is 7.53. The van der Waals surface area contributed by atoms with Crippen molar-refractivity contribution in [1.29, 1.82) is 0 Å². The van der Waals surface area contributed by atoms with Crippen LogP contribution in [0.2, 0.25) is 0 Å². The maximum Gasteiger partial charge on any atom is 0.303 e. The molecule has 6 nitrogen and oxygen atoms in total. The van der Waals surface area contributed by atoms with Crippen LogP contribution in [0.3, 0.4) is 0 Å². The Labute approximate surface area is 158 Å². The highest BCUT2D eigenvalue weighted by Gasteiger charge is 2.44. The third kappa shape index (κ3) is 3.49. The molecule has 2 aromatic rings. The van der Waals surface area contributed by atoms with E-state index in [1.165, 1.54) is 17.8 Å². The van der Waals surface area contributed by atoms with Gasteiger partial charge in [-0.15, -0.1) is 0 Å². The van der Waals surface area contributed by atoms with Gasteiger partial charge in [0.2, 0.25) is 5.69 Å². The van der Waals surface area contributed by atoms with Gasteiger partial charge in [0.1, 0.15) is 6.54 Å². The number of rotatable bonds is 6. The first kappa shape index (κ1) is 19.5. The summed E-state index contributed by atoms with van der Waals surface area (Å²) in [7, 11) is -4.24. The number of fused-ring (bicyclic) bond motifs is 3. The number of nitrogens with zero attached hydrogens (tertiary/aromatic N) is 1. The molecule has 1 heterocycles. The van der Waals surface area contributed by atoms with Crippen molar-refractivity contribution in [1.82, 2.24) is 0 Å². The second-order valence-corrected chi connectivity index (χ2v) is 8.95. The Kier molecular flexibility index (Phi) is 4.86. The lowest BCUT2D eigenvalue weighted by molar-refractivity contribution is -0.439. The molecule has 144 valence electrons. The molecule has 27 heavy (non-hydrogen) atoms. The smallest absolute Gasteiger partial charge is 0.303 e. The van der Waals surface area contributed by atoms with Gasteiger partial charge in [-0.25, -0.2) is 0 Å². The van der Waals surface area contributed by atoms with Gasteiger partial charge in [0.15, 0.2) is 5.71 Å². The minimum atomic E-state index is -4.24. The first-order valence-corrected chi connectivity index (χ1v) is 10.4. The van der Waals surface area contributed by atoms with Gasteiger partial charge in [-0.3, -0.25) is 9.35 Å². The van der Waals surface area contributed by atoms with E-state index in [-0.39, 0.29) is 16.7 Å². The van der Waals surface area contributed by atoms with Crippen LogP contribution in [0.5, 0.6) is 0 Å². The Bertz CT molecular complexity index is 1070. The van der Waals surface area contributed by atoms with Crippen molar-refractivity contribution in [2.45, 2.75) is 50.3 Å². The van der Waals surface area contributed by atoms with Crippen molar-refractivity contribution in [2.75, 3.05) is 6.54 Å². The zero-order valence-electron chi connectivity index (χ0n) is 15.7. The molecule has 0 amide bonds. The van der Waals surface area contributed by atoms with Crippen LogP contribution in [0.25, 0.3) is 10.8 Å². The number of unbranched alkanes of at least 4 members (excludes halogenated alkanes) is 1. The highest BCUT2D eigenvalue weighted by molar-refractivity contribution is 7.85. The first-order chi connectivity index (χ1) is 12.5. The Hall–Kier alpha value is -2.25. The predicted molar refractivity (Wildman–Crippen MR) is 104 cm³/mol. The van der Waals surface area contributed by atoms with Crippen molar-refractivity contribution in [3.63, 3.8) is 0 Å². The summed E-state index contributed by atoms with van der Waals surface area (Å²) in [6, 6.07) is 8.51. The van der Waals surface area contributed by atoms with E-state index in [1.807, 2.05) is 12.1 Å². The number of hydrogen-bond acceptors (Lipinski definition) is 3. The first-order valence-electron chi connectivity index (χ1n) is 8.91. The molecule has 0 aromatic heterocycles. The van der Waals surface area contributed by atoms with Gasteiger partial charge in [0.25, 0.3) is 10.1 Å². The molecule has 0 unspecified atom stereocenters. The third-order valence-corrected chi connectivity index (χ3v) is 6.36. The normalized spacial score (nSPS) is 16.0. The van der Waals surface area contributed by atoms with Crippen molar-refractivity contribution >= 4 is 38.3 Å². The van der Waals surface area contributed by atoms with Crippen molar-refractivity contribution in [3.8, 4) is 0 Å². The van der Waals surface area contributed by atoms with Gasteiger partial charge < -0.3 is 5.11 Å². The van der Waals surface area contributed by atoms with E-state index in [0.29, 0.717) is 6.42 Å². The largest absolute Gasteiger partial charge is 0.481 e. The van der Waals surface area contributed by atoms with E-state index < -0.39 is 16.1 Å². The highest BCUT2D eigenvalue weighted by atomic mass is 32.2. The summed E-state index contributed by atoms with van der Waals surface area (Å²) in [6.07, 6.45) is 1.57. The number of hydrogen-bond donors (Lipinski definition) is 2. The molecule has 0 atom stereocenters. The minimum absolute atomic E-state index is 0.114. The molecule has 0 radical (unpaired) electrons. The van der Waals surface area contributed by atoms with Gasteiger partial charge in [0, 0.05) is 31.4 Å². The van der Waals surface area contributed by atoms with Gasteiger partial charge in [-0.2, -0.15) is 13.0 Å². The lowest BCUT2D eigenvalue weighted by Gasteiger charge is -2.17. The third-order valence-electron chi connectivity index (χ3n) is 5.51. The average molecular weight is 390 g/mol. The van der Waals surface area contributed by atoms with Gasteiger partial charge in [-0.05, 0) is 49.2 Å². The molecule has 1 aliphatic rings. The highest BCUT2D eigenvalue weighted by Crippen LogP contribution is 2.44. The molecule has 0 saturated heterocycles. The summed E-state index contributed by atoms with van der Waals surface area (Å²) < 4.78 is 34.4. The van der Waals surface area contributed by atoms with Crippen LogP contribution in [-0.4, -0.2) is 40.9 Å². The summed E-state index contributed by atoms with van der Waals surface area (Å²) in [5, 5.41) is 10.5. The van der Waals surface area contributed by atoms with Gasteiger partial charge in [0.05, 0.1) is 10.3 Å². The van der Waals surface area contributed by atoms with Crippen molar-refractivity contribution in [3.05, 3.63) is 35.9 Å². The Morgan fingerprint density at radius 3 is 2.48 bits per heavy atom. The summed E-state index contributed by atoms with van der Waals surface area (Å²) in [4.78, 5) is 10.6. The fraction of sp³-hybridized carbons (Fsp3) is 0.400. The summed E-state index contributed by atoms with van der Waals surface area (Å²) in [6.45, 7) is 7.09. The van der Waals surface area contributed by atoms with Crippen LogP contribution in [-0.2, 0) is 20.3 Å². The Morgan fingerprint density at radius 2 is 1.85 bits per heavy atom. The molecule has 0 fully saturated rings. The van der Waals surface area contributed by atoms with Crippen LogP contribution in [0, 0.1) is 0 Å². The zero-order chi connectivity index (χ0) is 20.0. The Morgan fingerprint density at radius 1 is 1.15 bits per heavy atom. The quantitative estimate of drug-likeness (QED) is 0.445. The van der Waals surface area contributed by atoms with Crippen LogP contribution in [0.1, 0.15) is 45.6 Å². The van der Waals surface area contributed by atoms with Gasteiger partial charge >= 0.3 is 5.97 Å². The van der Waals surface area contributed by atoms with Crippen LogP contribution < -0.4 is 0 Å². The van der Waals surface area contributed by atoms with Gasteiger partial charge in [-0.1, -0.05) is 6.07 Å². The van der Waals surface area contributed by atoms with Crippen LogP contribution in [0.15, 0.2) is 35.2 Å². The van der Waals surface area contributed by atoms with E-state index in [0.717, 1.165) is 35.0 Å². The Balaban J connectivity index is 2.05. The van der Waals surface area contributed by atoms with Crippen LogP contribution in [0.4, 0.5) is 5.69 Å². The maximum atomic E-state index is 11.4. The van der Waals surface area contributed by atoms with E-state index in [1.54, 1.807) is 6.07 Å². The number of carboxylic acid groups (broad SMARTS) is 1. The fourth-order valence-corrected chi connectivity index (χ4v) is 4.39. The maximum absolute atomic E-state index is 11.4. The van der Waals surface area contributed by atoms with Crippen LogP contribution >= 0.6 is 0 Å². The van der Waals surface area contributed by atoms with Crippen molar-refractivity contribution < 1.29 is 27.4 Å². The SMILES string of the molecule is CC1=[N+](CCCCC(=O)O)c2ccc3cc(S(=O)(=O)O)ccc3c2C1(C)C. The molecule has 2 N–H and O–H groups in total. The number of benzene rings is 2. The standard InChI is InChI=1S/C20H23NO5S/c1-13-20(2,3)19-16-9-8-15(27(24,25)26)12-14(16)7-10-17(19)21(13)11-5-4-6-18(22)23/h7-10,12H,4-6,11H2,1-3H3,(H-,22,23,24,25,26)/p+1. The molecule has 3 rings (SSSR count). The number of carboxylic acids is 1. The van der Waals surface area contributed by atoms with Crippen molar-refractivity contribution in [2.24, 2.45) is 0 Å². The monoisotopic (exact) mass is 390 g/mol. The zero-order valence-corrected chi connectivity index (χ0v) is 16.5. The van der Waals surface area contributed by atoms with E-state index in [2.05, 4.69) is 25.3 Å². The predicted octanol–water partition coefficient (Wildman–Crippen LogP) is 3.74. The number of aliphatic carboxylic acids is 1. The lowest BCUT2D eigenvalue weighted by Crippen LogP contribution is -2.27. The molecule has 0 bridgehead atoms. The molecule has 0 aliphatic carbocycles.